The Bertz CT molecular complexity index is 1500. The fourth-order valence-corrected chi connectivity index (χ4v) is 5.82. The van der Waals surface area contributed by atoms with E-state index < -0.39 is 0 Å². The van der Waals surface area contributed by atoms with Crippen LogP contribution in [0.1, 0.15) is 11.3 Å². The molecular formula is C27H24Cl2N4O3S. The van der Waals surface area contributed by atoms with Gasteiger partial charge < -0.3 is 19.2 Å². The average Bonchev–Trinajstić information content (AvgIpc) is 3.38. The third-order valence-electron chi connectivity index (χ3n) is 6.26. The van der Waals surface area contributed by atoms with Crippen LogP contribution in [0.5, 0.6) is 11.5 Å². The van der Waals surface area contributed by atoms with Crippen molar-refractivity contribution in [2.24, 2.45) is 0 Å². The van der Waals surface area contributed by atoms with Crippen molar-refractivity contribution in [1.82, 2.24) is 9.88 Å². The number of ether oxygens (including phenoxy) is 2. The van der Waals surface area contributed by atoms with E-state index in [4.69, 9.17) is 37.1 Å². The standard InChI is InChI=1S/C27H24Cl2N4O3S/c1-34-25-9-20-23(8-19(25)16-7-18(36-15-16)14-33-3-5-37-6-4-33)31-13-17(12-30)27(20)32-24-11-26(35-2)22(29)10-21(24)28/h7-11,13,15H,3-6,14H2,1-2H3,(H,31,32). The molecule has 0 radical (unpaired) electrons. The smallest absolute Gasteiger partial charge is 0.139 e. The zero-order valence-corrected chi connectivity index (χ0v) is 22.6. The maximum absolute atomic E-state index is 9.81. The summed E-state index contributed by atoms with van der Waals surface area (Å²) >= 11 is 14.6. The van der Waals surface area contributed by atoms with Crippen molar-refractivity contribution in [3.05, 3.63) is 64.2 Å². The molecule has 1 aliphatic rings. The van der Waals surface area contributed by atoms with E-state index in [2.05, 4.69) is 21.3 Å². The molecule has 0 aliphatic carbocycles. The Morgan fingerprint density at radius 2 is 1.86 bits per heavy atom. The van der Waals surface area contributed by atoms with Gasteiger partial charge in [0.15, 0.2) is 0 Å². The van der Waals surface area contributed by atoms with Crippen molar-refractivity contribution in [1.29, 1.82) is 5.26 Å². The predicted octanol–water partition coefficient (Wildman–Crippen LogP) is 6.98. The van der Waals surface area contributed by atoms with E-state index in [0.717, 1.165) is 48.0 Å². The maximum atomic E-state index is 9.81. The zero-order valence-electron chi connectivity index (χ0n) is 20.3. The Morgan fingerprint density at radius 1 is 1.08 bits per heavy atom. The van der Waals surface area contributed by atoms with Gasteiger partial charge in [0.1, 0.15) is 23.3 Å². The molecule has 5 rings (SSSR count). The summed E-state index contributed by atoms with van der Waals surface area (Å²) in [6, 6.07) is 11.4. The van der Waals surface area contributed by atoms with Gasteiger partial charge in [0, 0.05) is 53.4 Å². The molecule has 3 heterocycles. The lowest BCUT2D eigenvalue weighted by atomic mass is 10.0. The van der Waals surface area contributed by atoms with Crippen LogP contribution >= 0.6 is 35.0 Å². The third-order valence-corrected chi connectivity index (χ3v) is 7.81. The van der Waals surface area contributed by atoms with E-state index in [1.807, 2.05) is 30.0 Å². The Kier molecular flexibility index (Phi) is 7.68. The van der Waals surface area contributed by atoms with Gasteiger partial charge in [-0.25, -0.2) is 0 Å². The first kappa shape index (κ1) is 25.6. The lowest BCUT2D eigenvalue weighted by molar-refractivity contribution is 0.268. The van der Waals surface area contributed by atoms with Gasteiger partial charge in [0.2, 0.25) is 0 Å². The fourth-order valence-electron chi connectivity index (χ4n) is 4.33. The molecule has 2 aromatic carbocycles. The Labute approximate surface area is 229 Å². The van der Waals surface area contributed by atoms with Crippen molar-refractivity contribution in [3.8, 4) is 28.7 Å². The average molecular weight is 555 g/mol. The molecule has 1 N–H and O–H groups in total. The first-order valence-electron chi connectivity index (χ1n) is 11.6. The summed E-state index contributed by atoms with van der Waals surface area (Å²) in [5, 5.41) is 14.6. The predicted molar refractivity (Wildman–Crippen MR) is 150 cm³/mol. The number of furan rings is 1. The van der Waals surface area contributed by atoms with Crippen molar-refractivity contribution in [2.45, 2.75) is 6.54 Å². The number of hydrogen-bond donors (Lipinski definition) is 1. The second-order valence-electron chi connectivity index (χ2n) is 8.51. The molecule has 0 saturated carbocycles. The Balaban J connectivity index is 1.54. The molecule has 0 amide bonds. The number of hydrogen-bond acceptors (Lipinski definition) is 8. The number of methoxy groups -OCH3 is 2. The van der Waals surface area contributed by atoms with Gasteiger partial charge in [-0.3, -0.25) is 9.88 Å². The molecule has 1 aliphatic heterocycles. The summed E-state index contributed by atoms with van der Waals surface area (Å²) in [5.74, 6) is 4.29. The van der Waals surface area contributed by atoms with Crippen molar-refractivity contribution >= 4 is 57.2 Å². The van der Waals surface area contributed by atoms with Gasteiger partial charge in [-0.1, -0.05) is 23.2 Å². The minimum Gasteiger partial charge on any atom is -0.496 e. The number of halogens is 2. The summed E-state index contributed by atoms with van der Waals surface area (Å²) in [6.07, 6.45) is 3.29. The molecule has 0 unspecified atom stereocenters. The molecular weight excluding hydrogens is 531 g/mol. The lowest BCUT2D eigenvalue weighted by Crippen LogP contribution is -2.31. The largest absolute Gasteiger partial charge is 0.496 e. The number of benzene rings is 2. The minimum absolute atomic E-state index is 0.359. The molecule has 2 aromatic heterocycles. The number of thioether (sulfide) groups is 1. The van der Waals surface area contributed by atoms with Crippen LogP contribution in [0.4, 0.5) is 11.4 Å². The highest BCUT2D eigenvalue weighted by atomic mass is 35.5. The molecule has 1 saturated heterocycles. The van der Waals surface area contributed by atoms with E-state index in [0.29, 0.717) is 49.4 Å². The quantitative estimate of drug-likeness (QED) is 0.262. The molecule has 0 bridgehead atoms. The number of aromatic nitrogens is 1. The molecule has 0 spiro atoms. The monoisotopic (exact) mass is 554 g/mol. The van der Waals surface area contributed by atoms with Crippen LogP contribution in [0.25, 0.3) is 22.0 Å². The van der Waals surface area contributed by atoms with E-state index >= 15 is 0 Å². The summed E-state index contributed by atoms with van der Waals surface area (Å²) in [5.41, 5.74) is 3.91. The van der Waals surface area contributed by atoms with Crippen molar-refractivity contribution < 1.29 is 13.9 Å². The first-order chi connectivity index (χ1) is 18.0. The van der Waals surface area contributed by atoms with Gasteiger partial charge in [-0.2, -0.15) is 17.0 Å². The van der Waals surface area contributed by atoms with Crippen molar-refractivity contribution in [3.63, 3.8) is 0 Å². The number of anilines is 2. The summed E-state index contributed by atoms with van der Waals surface area (Å²) < 4.78 is 17.0. The Hall–Kier alpha value is -3.09. The zero-order chi connectivity index (χ0) is 25.9. The highest BCUT2D eigenvalue weighted by Crippen LogP contribution is 2.41. The lowest BCUT2D eigenvalue weighted by Gasteiger charge is -2.24. The van der Waals surface area contributed by atoms with Crippen LogP contribution in [-0.2, 0) is 6.54 Å². The fraction of sp³-hybridized carbons (Fsp3) is 0.259. The SMILES string of the molecule is COc1cc(Nc2c(C#N)cnc3cc(-c4coc(CN5CCSCC5)c4)c(OC)cc23)c(Cl)cc1Cl. The van der Waals surface area contributed by atoms with Gasteiger partial charge in [-0.15, -0.1) is 0 Å². The molecule has 10 heteroatoms. The molecule has 37 heavy (non-hydrogen) atoms. The first-order valence-corrected chi connectivity index (χ1v) is 13.5. The molecule has 0 atom stereocenters. The van der Waals surface area contributed by atoms with Crippen LogP contribution in [0.2, 0.25) is 10.0 Å². The topological polar surface area (TPSA) is 83.5 Å². The third kappa shape index (κ3) is 5.32. The van der Waals surface area contributed by atoms with E-state index in [9.17, 15) is 5.26 Å². The summed E-state index contributed by atoms with van der Waals surface area (Å²) in [7, 11) is 3.15. The molecule has 7 nitrogen and oxygen atoms in total. The van der Waals surface area contributed by atoms with Crippen molar-refractivity contribution in [2.75, 3.05) is 44.1 Å². The molecule has 4 aromatic rings. The highest BCUT2D eigenvalue weighted by molar-refractivity contribution is 7.99. The highest BCUT2D eigenvalue weighted by Gasteiger charge is 2.19. The molecule has 190 valence electrons. The summed E-state index contributed by atoms with van der Waals surface area (Å²) in [4.78, 5) is 6.95. The van der Waals surface area contributed by atoms with Gasteiger partial charge in [-0.05, 0) is 24.3 Å². The second-order valence-corrected chi connectivity index (χ2v) is 10.5. The summed E-state index contributed by atoms with van der Waals surface area (Å²) in [6.45, 7) is 2.90. The Morgan fingerprint density at radius 3 is 2.59 bits per heavy atom. The van der Waals surface area contributed by atoms with Crippen LogP contribution in [0, 0.1) is 11.3 Å². The normalized spacial score (nSPS) is 13.9. The minimum atomic E-state index is 0.359. The van der Waals surface area contributed by atoms with E-state index in [1.165, 1.54) is 13.3 Å². The van der Waals surface area contributed by atoms with Crippen LogP contribution in [0.15, 0.2) is 47.2 Å². The number of nitriles is 1. The van der Waals surface area contributed by atoms with E-state index in [-0.39, 0.29) is 0 Å². The van der Waals surface area contributed by atoms with Gasteiger partial charge in [0.05, 0.1) is 59.5 Å². The van der Waals surface area contributed by atoms with Crippen LogP contribution in [0.3, 0.4) is 0 Å². The number of nitrogens with one attached hydrogen (secondary N) is 1. The molecule has 1 fully saturated rings. The second kappa shape index (κ2) is 11.1. The van der Waals surface area contributed by atoms with Crippen LogP contribution in [-0.4, -0.2) is 48.7 Å². The number of nitrogens with zero attached hydrogens (tertiary/aromatic N) is 3. The number of rotatable bonds is 7. The maximum Gasteiger partial charge on any atom is 0.139 e. The van der Waals surface area contributed by atoms with Crippen LogP contribution < -0.4 is 14.8 Å². The van der Waals surface area contributed by atoms with Gasteiger partial charge in [0.25, 0.3) is 0 Å². The van der Waals surface area contributed by atoms with E-state index in [1.54, 1.807) is 25.5 Å². The van der Waals surface area contributed by atoms with Gasteiger partial charge >= 0.3 is 0 Å². The number of fused-ring (bicyclic) bond motifs is 1. The number of pyridine rings is 1.